The first kappa shape index (κ1) is 15.1. The number of phenolic OH excluding ortho intramolecular Hbond substituents is 1. The van der Waals surface area contributed by atoms with Crippen LogP contribution in [0.5, 0.6) is 5.75 Å². The Morgan fingerprint density at radius 1 is 1.38 bits per heavy atom. The summed E-state index contributed by atoms with van der Waals surface area (Å²) >= 11 is 0. The zero-order valence-corrected chi connectivity index (χ0v) is 12.5. The van der Waals surface area contributed by atoms with Crippen LogP contribution in [0.2, 0.25) is 0 Å². The molecular weight excluding hydrogens is 268 g/mol. The van der Waals surface area contributed by atoms with Gasteiger partial charge in [0.15, 0.2) is 5.76 Å². The number of carbonyl (C=O) groups is 1. The Morgan fingerprint density at radius 2 is 2.10 bits per heavy atom. The smallest absolute Gasteiger partial charge is 0.256 e. The first-order valence-electron chi connectivity index (χ1n) is 7.02. The number of hydrogen-bond acceptors (Lipinski definition) is 4. The zero-order chi connectivity index (χ0) is 15.4. The van der Waals surface area contributed by atoms with Crippen molar-refractivity contribution >= 4 is 5.91 Å². The summed E-state index contributed by atoms with van der Waals surface area (Å²) in [7, 11) is 0. The molecule has 0 saturated heterocycles. The van der Waals surface area contributed by atoms with Crippen LogP contribution in [0.15, 0.2) is 28.8 Å². The quantitative estimate of drug-likeness (QED) is 0.887. The molecule has 112 valence electrons. The van der Waals surface area contributed by atoms with Gasteiger partial charge in [-0.15, -0.1) is 0 Å². The van der Waals surface area contributed by atoms with Gasteiger partial charge in [-0.05, 0) is 25.0 Å². The van der Waals surface area contributed by atoms with Crippen molar-refractivity contribution < 1.29 is 14.4 Å². The van der Waals surface area contributed by atoms with Gasteiger partial charge in [0.2, 0.25) is 0 Å². The third kappa shape index (κ3) is 3.42. The predicted octanol–water partition coefficient (Wildman–Crippen LogP) is 2.78. The monoisotopic (exact) mass is 288 g/mol. The fraction of sp³-hybridized carbons (Fsp3) is 0.375. The van der Waals surface area contributed by atoms with Crippen molar-refractivity contribution in [1.82, 2.24) is 10.5 Å². The molecule has 0 aliphatic carbocycles. The van der Waals surface area contributed by atoms with Crippen molar-refractivity contribution in [3.8, 4) is 5.75 Å². The zero-order valence-electron chi connectivity index (χ0n) is 12.5. The van der Waals surface area contributed by atoms with Crippen LogP contribution in [0.25, 0.3) is 0 Å². The van der Waals surface area contributed by atoms with E-state index in [1.165, 1.54) is 0 Å². The van der Waals surface area contributed by atoms with E-state index in [9.17, 15) is 9.90 Å². The number of aryl methyl sites for hydroxylation is 1. The number of carbonyl (C=O) groups excluding carboxylic acids is 1. The number of hydrogen-bond donors (Lipinski definition) is 2. The van der Waals surface area contributed by atoms with Gasteiger partial charge in [-0.3, -0.25) is 4.79 Å². The molecule has 0 atom stereocenters. The number of nitrogens with zero attached hydrogens (tertiary/aromatic N) is 1. The molecule has 2 aromatic rings. The largest absolute Gasteiger partial charge is 0.508 e. The lowest BCUT2D eigenvalue weighted by atomic mass is 10.0. The molecule has 5 heteroatoms. The molecule has 0 saturated carbocycles. The Hall–Kier alpha value is -2.30. The molecule has 2 N–H and O–H groups in total. The van der Waals surface area contributed by atoms with Crippen LogP contribution >= 0.6 is 0 Å². The molecule has 1 amide bonds. The molecule has 21 heavy (non-hydrogen) atoms. The van der Waals surface area contributed by atoms with Gasteiger partial charge in [0.05, 0.1) is 5.69 Å². The fourth-order valence-electron chi connectivity index (χ4n) is 2.18. The van der Waals surface area contributed by atoms with Gasteiger partial charge in [-0.25, -0.2) is 0 Å². The van der Waals surface area contributed by atoms with Crippen LogP contribution < -0.4 is 5.32 Å². The molecule has 1 aromatic heterocycles. The van der Waals surface area contributed by atoms with E-state index < -0.39 is 0 Å². The molecule has 5 nitrogen and oxygen atoms in total. The lowest BCUT2D eigenvalue weighted by molar-refractivity contribution is 0.0951. The summed E-state index contributed by atoms with van der Waals surface area (Å²) in [4.78, 5) is 12.3. The number of para-hydroxylation sites is 1. The van der Waals surface area contributed by atoms with Crippen LogP contribution in [-0.2, 0) is 6.42 Å². The number of phenols is 1. The van der Waals surface area contributed by atoms with Crippen molar-refractivity contribution in [2.75, 3.05) is 6.54 Å². The SMILES string of the molecule is Cc1noc(C(C)C)c1C(=O)NCCc1ccccc1O. The molecule has 0 bridgehead atoms. The van der Waals surface area contributed by atoms with E-state index in [0.29, 0.717) is 30.0 Å². The summed E-state index contributed by atoms with van der Waals surface area (Å²) in [5, 5.41) is 16.4. The van der Waals surface area contributed by atoms with Crippen molar-refractivity contribution in [2.24, 2.45) is 0 Å². The second-order valence-electron chi connectivity index (χ2n) is 5.30. The molecule has 1 heterocycles. The van der Waals surface area contributed by atoms with Gasteiger partial charge in [-0.1, -0.05) is 37.2 Å². The number of amides is 1. The predicted molar refractivity (Wildman–Crippen MR) is 79.5 cm³/mol. The standard InChI is InChI=1S/C16H20N2O3/c1-10(2)15-14(11(3)18-21-15)16(20)17-9-8-12-6-4-5-7-13(12)19/h4-7,10,19H,8-9H2,1-3H3,(H,17,20). The van der Waals surface area contributed by atoms with E-state index in [-0.39, 0.29) is 17.6 Å². The number of aromatic nitrogens is 1. The fourth-order valence-corrected chi connectivity index (χ4v) is 2.18. The van der Waals surface area contributed by atoms with E-state index in [1.807, 2.05) is 26.0 Å². The molecule has 0 spiro atoms. The Kier molecular flexibility index (Phi) is 4.62. The highest BCUT2D eigenvalue weighted by molar-refractivity contribution is 5.96. The van der Waals surface area contributed by atoms with Crippen molar-refractivity contribution in [3.05, 3.63) is 46.8 Å². The van der Waals surface area contributed by atoms with Crippen molar-refractivity contribution in [1.29, 1.82) is 0 Å². The van der Waals surface area contributed by atoms with Crippen LogP contribution in [0.3, 0.4) is 0 Å². The van der Waals surface area contributed by atoms with E-state index in [1.54, 1.807) is 19.1 Å². The summed E-state index contributed by atoms with van der Waals surface area (Å²) < 4.78 is 5.21. The molecule has 0 fully saturated rings. The summed E-state index contributed by atoms with van der Waals surface area (Å²) in [6, 6.07) is 7.11. The maximum absolute atomic E-state index is 12.3. The van der Waals surface area contributed by atoms with Crippen LogP contribution in [0.1, 0.15) is 47.1 Å². The summed E-state index contributed by atoms with van der Waals surface area (Å²) in [6.45, 7) is 6.11. The second kappa shape index (κ2) is 6.43. The minimum atomic E-state index is -0.187. The van der Waals surface area contributed by atoms with Gasteiger partial charge in [-0.2, -0.15) is 0 Å². The minimum Gasteiger partial charge on any atom is -0.508 e. The molecule has 0 unspecified atom stereocenters. The van der Waals surface area contributed by atoms with Gasteiger partial charge >= 0.3 is 0 Å². The Morgan fingerprint density at radius 3 is 2.76 bits per heavy atom. The Labute approximate surface area is 124 Å². The summed E-state index contributed by atoms with van der Waals surface area (Å²) in [5.41, 5.74) is 1.92. The molecule has 0 aliphatic rings. The van der Waals surface area contributed by atoms with Crippen molar-refractivity contribution in [2.45, 2.75) is 33.1 Å². The molecule has 0 aliphatic heterocycles. The first-order valence-corrected chi connectivity index (χ1v) is 7.02. The van der Waals surface area contributed by atoms with Crippen LogP contribution in [-0.4, -0.2) is 22.7 Å². The maximum Gasteiger partial charge on any atom is 0.256 e. The number of rotatable bonds is 5. The molecule has 0 radical (unpaired) electrons. The third-order valence-electron chi connectivity index (χ3n) is 3.31. The van der Waals surface area contributed by atoms with Crippen LogP contribution in [0, 0.1) is 6.92 Å². The van der Waals surface area contributed by atoms with Gasteiger partial charge in [0.25, 0.3) is 5.91 Å². The lowest BCUT2D eigenvalue weighted by Gasteiger charge is -2.08. The summed E-state index contributed by atoms with van der Waals surface area (Å²) in [6.07, 6.45) is 0.569. The number of benzene rings is 1. The Bertz CT molecular complexity index is 632. The normalized spacial score (nSPS) is 10.9. The van der Waals surface area contributed by atoms with Gasteiger partial charge in [0, 0.05) is 12.5 Å². The van der Waals surface area contributed by atoms with E-state index in [0.717, 1.165) is 5.56 Å². The molecular formula is C16H20N2O3. The molecule has 2 rings (SSSR count). The van der Waals surface area contributed by atoms with Gasteiger partial charge in [0.1, 0.15) is 11.3 Å². The van der Waals surface area contributed by atoms with Crippen LogP contribution in [0.4, 0.5) is 0 Å². The van der Waals surface area contributed by atoms with Gasteiger partial charge < -0.3 is 14.9 Å². The first-order chi connectivity index (χ1) is 10.0. The lowest BCUT2D eigenvalue weighted by Crippen LogP contribution is -2.27. The number of nitrogens with one attached hydrogen (secondary N) is 1. The average Bonchev–Trinajstić information content (AvgIpc) is 2.83. The highest BCUT2D eigenvalue weighted by Gasteiger charge is 2.22. The van der Waals surface area contributed by atoms with E-state index in [2.05, 4.69) is 10.5 Å². The van der Waals surface area contributed by atoms with Crippen molar-refractivity contribution in [3.63, 3.8) is 0 Å². The highest BCUT2D eigenvalue weighted by Crippen LogP contribution is 2.22. The van der Waals surface area contributed by atoms with E-state index >= 15 is 0 Å². The second-order valence-corrected chi connectivity index (χ2v) is 5.30. The molecule has 1 aromatic carbocycles. The van der Waals surface area contributed by atoms with E-state index in [4.69, 9.17) is 4.52 Å². The highest BCUT2D eigenvalue weighted by atomic mass is 16.5. The topological polar surface area (TPSA) is 75.4 Å². The Balaban J connectivity index is 2.00. The minimum absolute atomic E-state index is 0.102. The average molecular weight is 288 g/mol. The third-order valence-corrected chi connectivity index (χ3v) is 3.31. The summed E-state index contributed by atoms with van der Waals surface area (Å²) in [5.74, 6) is 0.765. The number of aromatic hydroxyl groups is 1. The maximum atomic E-state index is 12.3.